The Balaban J connectivity index is 1.36. The first-order chi connectivity index (χ1) is 16.4. The third-order valence-corrected chi connectivity index (χ3v) is 8.31. The molecule has 0 radical (unpaired) electrons. The van der Waals surface area contributed by atoms with Crippen molar-refractivity contribution in [1.82, 2.24) is 0 Å². The van der Waals surface area contributed by atoms with Crippen molar-refractivity contribution in [3.63, 3.8) is 0 Å². The first kappa shape index (κ1) is 22.7. The van der Waals surface area contributed by atoms with Crippen LogP contribution in [0.2, 0.25) is 0 Å². The van der Waals surface area contributed by atoms with Crippen LogP contribution in [0.1, 0.15) is 62.1 Å². The van der Waals surface area contributed by atoms with Crippen molar-refractivity contribution in [2.75, 3.05) is 6.61 Å². The van der Waals surface area contributed by atoms with Crippen molar-refractivity contribution in [2.24, 2.45) is 17.3 Å². The minimum absolute atomic E-state index is 0.0723. The second-order valence-electron chi connectivity index (χ2n) is 10.1. The third kappa shape index (κ3) is 3.81. The normalized spacial score (nSPS) is 29.0. The van der Waals surface area contributed by atoms with Crippen LogP contribution in [0.5, 0.6) is 5.75 Å². The van der Waals surface area contributed by atoms with Gasteiger partial charge < -0.3 is 14.6 Å². The molecule has 0 aromatic heterocycles. The number of aliphatic hydroxyl groups is 1. The van der Waals surface area contributed by atoms with Crippen LogP contribution in [0.4, 0.5) is 0 Å². The number of carbonyl (C=O) groups is 2. The molecule has 5 heteroatoms. The monoisotopic (exact) mass is 460 g/mol. The molecule has 0 heterocycles. The summed E-state index contributed by atoms with van der Waals surface area (Å²) in [5.74, 6) is 0.421. The summed E-state index contributed by atoms with van der Waals surface area (Å²) >= 11 is 0. The van der Waals surface area contributed by atoms with Gasteiger partial charge >= 0.3 is 5.97 Å². The Labute approximate surface area is 200 Å². The fourth-order valence-electron chi connectivity index (χ4n) is 6.55. The molecule has 34 heavy (non-hydrogen) atoms. The number of ketones is 1. The van der Waals surface area contributed by atoms with Crippen molar-refractivity contribution < 1.29 is 24.2 Å². The number of allylic oxidation sites excluding steroid dienone is 1. The number of Topliss-reactive ketones (excluding diaryl/α,β-unsaturated/α-hetero) is 1. The van der Waals surface area contributed by atoms with E-state index in [0.717, 1.165) is 37.0 Å². The number of ether oxygens (including phenoxy) is 2. The lowest BCUT2D eigenvalue weighted by atomic mass is 9.55. The fraction of sp³-hybridized carbons (Fsp3) is 0.448. The van der Waals surface area contributed by atoms with Gasteiger partial charge in [0, 0.05) is 11.0 Å². The van der Waals surface area contributed by atoms with Gasteiger partial charge in [-0.3, -0.25) is 4.79 Å². The molecule has 0 amide bonds. The zero-order valence-electron chi connectivity index (χ0n) is 19.9. The van der Waals surface area contributed by atoms with Crippen molar-refractivity contribution in [2.45, 2.75) is 58.5 Å². The minimum atomic E-state index is -0.790. The number of carbonyl (C=O) groups excluding carboxylic acids is 2. The molecule has 4 atom stereocenters. The Kier molecular flexibility index (Phi) is 5.97. The van der Waals surface area contributed by atoms with Crippen LogP contribution < -0.4 is 4.74 Å². The van der Waals surface area contributed by atoms with Gasteiger partial charge in [0.2, 0.25) is 5.76 Å². The summed E-state index contributed by atoms with van der Waals surface area (Å²) in [6.07, 6.45) is 4.11. The molecular weight excluding hydrogens is 428 g/mol. The molecule has 3 aliphatic rings. The third-order valence-electron chi connectivity index (χ3n) is 8.31. The highest BCUT2D eigenvalue weighted by molar-refractivity contribution is 6.07. The summed E-state index contributed by atoms with van der Waals surface area (Å²) < 4.78 is 11.0. The molecule has 2 fully saturated rings. The number of aliphatic hydroxyl groups excluding tert-OH is 1. The quantitative estimate of drug-likeness (QED) is 0.353. The van der Waals surface area contributed by atoms with E-state index < -0.39 is 17.1 Å². The van der Waals surface area contributed by atoms with Crippen LogP contribution in [0.15, 0.2) is 59.9 Å². The zero-order valence-corrected chi connectivity index (χ0v) is 19.9. The molecule has 0 spiro atoms. The Morgan fingerprint density at radius 2 is 1.94 bits per heavy atom. The Morgan fingerprint density at radius 1 is 1.15 bits per heavy atom. The highest BCUT2D eigenvalue weighted by Crippen LogP contribution is 2.61. The number of esters is 1. The summed E-state index contributed by atoms with van der Waals surface area (Å²) in [6.45, 7) is 4.43. The summed E-state index contributed by atoms with van der Waals surface area (Å²) in [5.41, 5.74) is 3.59. The van der Waals surface area contributed by atoms with E-state index in [1.807, 2.05) is 25.1 Å². The molecule has 3 aliphatic carbocycles. The van der Waals surface area contributed by atoms with E-state index in [0.29, 0.717) is 24.9 Å². The van der Waals surface area contributed by atoms with Gasteiger partial charge in [-0.05, 0) is 85.6 Å². The summed E-state index contributed by atoms with van der Waals surface area (Å²) in [4.78, 5) is 25.4. The summed E-state index contributed by atoms with van der Waals surface area (Å²) in [5, 5.41) is 10.5. The Bertz CT molecular complexity index is 1130. The van der Waals surface area contributed by atoms with Gasteiger partial charge in [0.25, 0.3) is 0 Å². The summed E-state index contributed by atoms with van der Waals surface area (Å²) in [7, 11) is 0. The Hall–Kier alpha value is -3.08. The molecule has 0 aliphatic heterocycles. The van der Waals surface area contributed by atoms with Crippen LogP contribution in [0, 0.1) is 17.3 Å². The maximum atomic E-state index is 13.3. The SMILES string of the molecule is CCOC(=O)C(O)=C1CC2C3CCc4cc(OCc5ccccc5)ccc4C3CCC2(C)C1=O. The van der Waals surface area contributed by atoms with Crippen LogP contribution in [0.25, 0.3) is 0 Å². The molecule has 178 valence electrons. The van der Waals surface area contributed by atoms with Gasteiger partial charge in [-0.2, -0.15) is 0 Å². The van der Waals surface area contributed by atoms with Crippen molar-refractivity contribution in [3.05, 3.63) is 76.6 Å². The van der Waals surface area contributed by atoms with Crippen molar-refractivity contribution >= 4 is 11.8 Å². The lowest BCUT2D eigenvalue weighted by Gasteiger charge is -2.48. The largest absolute Gasteiger partial charge is 0.502 e. The first-order valence-electron chi connectivity index (χ1n) is 12.4. The smallest absolute Gasteiger partial charge is 0.373 e. The Morgan fingerprint density at radius 3 is 2.71 bits per heavy atom. The van der Waals surface area contributed by atoms with E-state index in [1.165, 1.54) is 11.1 Å². The van der Waals surface area contributed by atoms with E-state index >= 15 is 0 Å². The minimum Gasteiger partial charge on any atom is -0.502 e. The average Bonchev–Trinajstić information content (AvgIpc) is 3.13. The van der Waals surface area contributed by atoms with E-state index in [2.05, 4.69) is 30.3 Å². The number of hydrogen-bond donors (Lipinski definition) is 1. The van der Waals surface area contributed by atoms with Crippen LogP contribution in [0.3, 0.4) is 0 Å². The molecular formula is C29H32O5. The number of fused-ring (bicyclic) bond motifs is 5. The van der Waals surface area contributed by atoms with Gasteiger partial charge in [0.1, 0.15) is 12.4 Å². The second kappa shape index (κ2) is 8.94. The molecule has 0 bridgehead atoms. The second-order valence-corrected chi connectivity index (χ2v) is 10.1. The van der Waals surface area contributed by atoms with Gasteiger partial charge in [-0.15, -0.1) is 0 Å². The first-order valence-corrected chi connectivity index (χ1v) is 12.4. The van der Waals surface area contributed by atoms with Gasteiger partial charge in [-0.25, -0.2) is 4.79 Å². The molecule has 1 N–H and O–H groups in total. The predicted molar refractivity (Wildman–Crippen MR) is 129 cm³/mol. The van der Waals surface area contributed by atoms with E-state index in [4.69, 9.17) is 9.47 Å². The molecule has 2 aromatic carbocycles. The maximum absolute atomic E-state index is 13.3. The maximum Gasteiger partial charge on any atom is 0.373 e. The number of rotatable bonds is 5. The lowest BCUT2D eigenvalue weighted by Crippen LogP contribution is -2.42. The predicted octanol–water partition coefficient (Wildman–Crippen LogP) is 5.68. The topological polar surface area (TPSA) is 72.8 Å². The average molecular weight is 461 g/mol. The number of aryl methyl sites for hydroxylation is 1. The van der Waals surface area contributed by atoms with Crippen molar-refractivity contribution in [3.8, 4) is 5.75 Å². The van der Waals surface area contributed by atoms with E-state index in [1.54, 1.807) is 6.92 Å². The number of benzene rings is 2. The van der Waals surface area contributed by atoms with Gasteiger partial charge in [0.15, 0.2) is 5.78 Å². The zero-order chi connectivity index (χ0) is 23.9. The highest BCUT2D eigenvalue weighted by atomic mass is 16.5. The molecule has 5 rings (SSSR count). The van der Waals surface area contributed by atoms with Gasteiger partial charge in [-0.1, -0.05) is 43.3 Å². The number of hydrogen-bond acceptors (Lipinski definition) is 5. The molecule has 2 saturated carbocycles. The van der Waals surface area contributed by atoms with E-state index in [-0.39, 0.29) is 23.9 Å². The highest BCUT2D eigenvalue weighted by Gasteiger charge is 2.57. The van der Waals surface area contributed by atoms with Crippen LogP contribution >= 0.6 is 0 Å². The van der Waals surface area contributed by atoms with Crippen LogP contribution in [-0.2, 0) is 27.4 Å². The van der Waals surface area contributed by atoms with Crippen molar-refractivity contribution in [1.29, 1.82) is 0 Å². The molecule has 0 saturated heterocycles. The van der Waals surface area contributed by atoms with Crippen LogP contribution in [-0.4, -0.2) is 23.5 Å². The standard InChI is InChI=1S/C29H32O5/c1-3-33-28(32)26(30)24-16-25-23-11-9-19-15-20(34-17-18-7-5-4-6-8-18)10-12-21(19)22(23)13-14-29(25,2)27(24)31/h4-8,10,12,15,22-23,25,30H,3,9,11,13-14,16-17H2,1-2H3. The fourth-order valence-corrected chi connectivity index (χ4v) is 6.55. The molecule has 2 aromatic rings. The summed E-state index contributed by atoms with van der Waals surface area (Å²) in [6, 6.07) is 16.6. The molecule has 5 nitrogen and oxygen atoms in total. The molecule has 4 unspecified atom stereocenters. The van der Waals surface area contributed by atoms with Gasteiger partial charge in [0.05, 0.1) is 6.61 Å². The lowest BCUT2D eigenvalue weighted by molar-refractivity contribution is -0.142. The van der Waals surface area contributed by atoms with E-state index in [9.17, 15) is 14.7 Å².